The highest BCUT2D eigenvalue weighted by Gasteiger charge is 2.02. The molecule has 2 nitrogen and oxygen atoms in total. The Hall–Kier alpha value is -1.94. The number of hydrogen-bond acceptors (Lipinski definition) is 2. The topological polar surface area (TPSA) is 32.3 Å². The molecule has 2 N–H and O–H groups in total. The van der Waals surface area contributed by atoms with E-state index in [0.29, 0.717) is 18.7 Å². The Morgan fingerprint density at radius 3 is 2.55 bits per heavy atom. The van der Waals surface area contributed by atoms with E-state index >= 15 is 0 Å². The molecule has 0 aromatic heterocycles. The van der Waals surface area contributed by atoms with Crippen molar-refractivity contribution in [2.24, 2.45) is 0 Å². The SMILES string of the molecule is Cc1cc(F)ccc1CCNCc1cc(O)cc(F)c1. The van der Waals surface area contributed by atoms with Gasteiger partial charge in [0.05, 0.1) is 0 Å². The normalized spacial score (nSPS) is 10.8. The fraction of sp³-hybridized carbons (Fsp3) is 0.250. The molecule has 0 atom stereocenters. The van der Waals surface area contributed by atoms with E-state index in [4.69, 9.17) is 0 Å². The van der Waals surface area contributed by atoms with Crippen LogP contribution in [0.25, 0.3) is 0 Å². The maximum Gasteiger partial charge on any atom is 0.127 e. The predicted molar refractivity (Wildman–Crippen MR) is 74.6 cm³/mol. The molecule has 0 unspecified atom stereocenters. The highest BCUT2D eigenvalue weighted by molar-refractivity contribution is 5.28. The number of aryl methyl sites for hydroxylation is 1. The minimum atomic E-state index is -0.448. The third-order valence-corrected chi connectivity index (χ3v) is 3.15. The molecule has 0 fully saturated rings. The summed E-state index contributed by atoms with van der Waals surface area (Å²) < 4.78 is 26.0. The second-order valence-electron chi connectivity index (χ2n) is 4.82. The van der Waals surface area contributed by atoms with Gasteiger partial charge in [0, 0.05) is 12.6 Å². The first-order chi connectivity index (χ1) is 9.54. The van der Waals surface area contributed by atoms with E-state index < -0.39 is 5.82 Å². The third-order valence-electron chi connectivity index (χ3n) is 3.15. The highest BCUT2D eigenvalue weighted by Crippen LogP contribution is 2.14. The summed E-state index contributed by atoms with van der Waals surface area (Å²) >= 11 is 0. The van der Waals surface area contributed by atoms with Gasteiger partial charge in [0.2, 0.25) is 0 Å². The number of aromatic hydroxyl groups is 1. The largest absolute Gasteiger partial charge is 0.508 e. The second kappa shape index (κ2) is 6.48. The van der Waals surface area contributed by atoms with Gasteiger partial charge in [0.1, 0.15) is 17.4 Å². The van der Waals surface area contributed by atoms with Gasteiger partial charge in [-0.25, -0.2) is 8.78 Å². The van der Waals surface area contributed by atoms with E-state index in [1.165, 1.54) is 24.3 Å². The Bertz CT molecular complexity index is 579. The molecule has 4 heteroatoms. The molecule has 0 saturated heterocycles. The first-order valence-corrected chi connectivity index (χ1v) is 6.49. The van der Waals surface area contributed by atoms with Gasteiger partial charge in [0.25, 0.3) is 0 Å². The van der Waals surface area contributed by atoms with Crippen LogP contribution in [0.2, 0.25) is 0 Å². The molecular weight excluding hydrogens is 260 g/mol. The van der Waals surface area contributed by atoms with E-state index in [0.717, 1.165) is 23.6 Å². The molecule has 2 aromatic carbocycles. The lowest BCUT2D eigenvalue weighted by atomic mass is 10.1. The van der Waals surface area contributed by atoms with Gasteiger partial charge in [-0.2, -0.15) is 0 Å². The van der Waals surface area contributed by atoms with Crippen LogP contribution in [-0.2, 0) is 13.0 Å². The van der Waals surface area contributed by atoms with Crippen molar-refractivity contribution in [3.05, 3.63) is 64.7 Å². The van der Waals surface area contributed by atoms with Gasteiger partial charge < -0.3 is 10.4 Å². The minimum absolute atomic E-state index is 0.0730. The minimum Gasteiger partial charge on any atom is -0.508 e. The summed E-state index contributed by atoms with van der Waals surface area (Å²) in [6, 6.07) is 8.73. The van der Waals surface area contributed by atoms with E-state index in [9.17, 15) is 13.9 Å². The molecule has 0 heterocycles. The lowest BCUT2D eigenvalue weighted by Crippen LogP contribution is -2.17. The number of hydrogen-bond donors (Lipinski definition) is 2. The third kappa shape index (κ3) is 4.03. The molecule has 2 rings (SSSR count). The van der Waals surface area contributed by atoms with Crippen LogP contribution >= 0.6 is 0 Å². The smallest absolute Gasteiger partial charge is 0.127 e. The van der Waals surface area contributed by atoms with E-state index in [2.05, 4.69) is 5.32 Å². The summed E-state index contributed by atoms with van der Waals surface area (Å²) in [5.74, 6) is -0.748. The van der Waals surface area contributed by atoms with Crippen molar-refractivity contribution < 1.29 is 13.9 Å². The molecule has 20 heavy (non-hydrogen) atoms. The van der Waals surface area contributed by atoms with E-state index in [-0.39, 0.29) is 11.6 Å². The Balaban J connectivity index is 1.84. The van der Waals surface area contributed by atoms with Gasteiger partial charge in [-0.15, -0.1) is 0 Å². The summed E-state index contributed by atoms with van der Waals surface area (Å²) in [6.07, 6.45) is 0.771. The van der Waals surface area contributed by atoms with Crippen LogP contribution in [0, 0.1) is 18.6 Å². The zero-order valence-corrected chi connectivity index (χ0v) is 11.3. The molecule has 0 aliphatic rings. The molecular formula is C16H17F2NO. The average Bonchev–Trinajstić information content (AvgIpc) is 2.35. The van der Waals surface area contributed by atoms with Crippen LogP contribution < -0.4 is 5.32 Å². The molecule has 0 amide bonds. The van der Waals surface area contributed by atoms with Crippen molar-refractivity contribution in [3.63, 3.8) is 0 Å². The molecule has 0 aliphatic carbocycles. The fourth-order valence-electron chi connectivity index (χ4n) is 2.13. The number of benzene rings is 2. The van der Waals surface area contributed by atoms with E-state index in [1.807, 2.05) is 6.92 Å². The van der Waals surface area contributed by atoms with Gasteiger partial charge >= 0.3 is 0 Å². The standard InChI is InChI=1S/C16H17F2NO/c1-11-6-14(17)3-2-13(11)4-5-19-10-12-7-15(18)9-16(20)8-12/h2-3,6-9,19-20H,4-5,10H2,1H3. The van der Waals surface area contributed by atoms with Crippen LogP contribution in [-0.4, -0.2) is 11.7 Å². The first kappa shape index (κ1) is 14.5. The molecule has 0 bridgehead atoms. The highest BCUT2D eigenvalue weighted by atomic mass is 19.1. The number of phenols is 1. The Kier molecular flexibility index (Phi) is 4.69. The lowest BCUT2D eigenvalue weighted by Gasteiger charge is -2.08. The summed E-state index contributed by atoms with van der Waals surface area (Å²) in [5.41, 5.74) is 2.70. The van der Waals surface area contributed by atoms with Crippen LogP contribution in [0.4, 0.5) is 8.78 Å². The maximum absolute atomic E-state index is 13.1. The van der Waals surface area contributed by atoms with Gasteiger partial charge in [-0.1, -0.05) is 6.07 Å². The number of halogens is 2. The molecule has 0 saturated carbocycles. The average molecular weight is 277 g/mol. The Morgan fingerprint density at radius 1 is 1.05 bits per heavy atom. The van der Waals surface area contributed by atoms with Gasteiger partial charge in [-0.3, -0.25) is 0 Å². The molecule has 0 radical (unpaired) electrons. The number of phenolic OH excluding ortho intramolecular Hbond substituents is 1. The Labute approximate surface area is 117 Å². The van der Waals surface area contributed by atoms with Crippen molar-refractivity contribution in [3.8, 4) is 5.75 Å². The summed E-state index contributed by atoms with van der Waals surface area (Å²) in [5, 5.41) is 12.5. The predicted octanol–water partition coefficient (Wildman–Crippen LogP) is 3.31. The number of nitrogens with one attached hydrogen (secondary N) is 1. The lowest BCUT2D eigenvalue weighted by molar-refractivity contribution is 0.467. The molecule has 106 valence electrons. The summed E-state index contributed by atoms with van der Waals surface area (Å²) in [6.45, 7) is 3.05. The number of rotatable bonds is 5. The maximum atomic E-state index is 13.1. The van der Waals surface area contributed by atoms with Crippen molar-refractivity contribution in [1.82, 2.24) is 5.32 Å². The molecule has 2 aromatic rings. The first-order valence-electron chi connectivity index (χ1n) is 6.49. The fourth-order valence-corrected chi connectivity index (χ4v) is 2.13. The van der Waals surface area contributed by atoms with Crippen LogP contribution in [0.5, 0.6) is 5.75 Å². The summed E-state index contributed by atoms with van der Waals surface area (Å²) in [4.78, 5) is 0. The zero-order valence-electron chi connectivity index (χ0n) is 11.3. The van der Waals surface area contributed by atoms with Crippen molar-refractivity contribution in [2.45, 2.75) is 19.9 Å². The monoisotopic (exact) mass is 277 g/mol. The van der Waals surface area contributed by atoms with Gasteiger partial charge in [0.15, 0.2) is 0 Å². The second-order valence-corrected chi connectivity index (χ2v) is 4.82. The molecule has 0 aliphatic heterocycles. The summed E-state index contributed by atoms with van der Waals surface area (Å²) in [7, 11) is 0. The van der Waals surface area contributed by atoms with Crippen LogP contribution in [0.3, 0.4) is 0 Å². The van der Waals surface area contributed by atoms with Crippen LogP contribution in [0.15, 0.2) is 36.4 Å². The van der Waals surface area contributed by atoms with Crippen molar-refractivity contribution in [1.29, 1.82) is 0 Å². The van der Waals surface area contributed by atoms with Crippen molar-refractivity contribution in [2.75, 3.05) is 6.54 Å². The zero-order chi connectivity index (χ0) is 14.5. The van der Waals surface area contributed by atoms with Crippen molar-refractivity contribution >= 4 is 0 Å². The molecule has 0 spiro atoms. The Morgan fingerprint density at radius 2 is 1.85 bits per heavy atom. The van der Waals surface area contributed by atoms with Gasteiger partial charge in [-0.05, 0) is 60.8 Å². The van der Waals surface area contributed by atoms with E-state index in [1.54, 1.807) is 6.07 Å². The van der Waals surface area contributed by atoms with Crippen LogP contribution in [0.1, 0.15) is 16.7 Å². The quantitative estimate of drug-likeness (QED) is 0.822.